The summed E-state index contributed by atoms with van der Waals surface area (Å²) in [5.74, 6) is -1.04. The molecule has 0 aromatic heterocycles. The summed E-state index contributed by atoms with van der Waals surface area (Å²) in [5.41, 5.74) is 0. The van der Waals surface area contributed by atoms with Crippen molar-refractivity contribution < 1.29 is 24.5 Å². The number of likely N-dealkylation sites (tertiary alicyclic amines) is 1. The molecule has 20 heavy (non-hydrogen) atoms. The first-order valence-electron chi connectivity index (χ1n) is 6.91. The summed E-state index contributed by atoms with van der Waals surface area (Å²) in [7, 11) is 1.53. The molecule has 0 aromatic carbocycles. The maximum Gasteiger partial charge on any atom is 0.326 e. The highest BCUT2D eigenvalue weighted by Crippen LogP contribution is 2.24. The van der Waals surface area contributed by atoms with E-state index in [0.717, 1.165) is 12.8 Å². The van der Waals surface area contributed by atoms with E-state index in [2.05, 4.69) is 0 Å². The molecule has 2 N–H and O–H groups in total. The molecule has 2 unspecified atom stereocenters. The van der Waals surface area contributed by atoms with Gasteiger partial charge >= 0.3 is 12.0 Å². The van der Waals surface area contributed by atoms with Crippen LogP contribution in [0.25, 0.3) is 0 Å². The van der Waals surface area contributed by atoms with Crippen LogP contribution >= 0.6 is 0 Å². The van der Waals surface area contributed by atoms with Crippen LogP contribution in [0.15, 0.2) is 0 Å². The molecule has 0 bridgehead atoms. The molecule has 7 nitrogen and oxygen atoms in total. The van der Waals surface area contributed by atoms with Crippen LogP contribution in [0, 0.1) is 5.92 Å². The Hall–Kier alpha value is -1.34. The topological polar surface area (TPSA) is 90.3 Å². The van der Waals surface area contributed by atoms with E-state index < -0.39 is 12.0 Å². The predicted octanol–water partition coefficient (Wildman–Crippen LogP) is 0.232. The molecule has 1 saturated heterocycles. The van der Waals surface area contributed by atoms with Gasteiger partial charge in [-0.25, -0.2) is 9.59 Å². The second kappa shape index (κ2) is 8.06. The number of aliphatic hydroxyl groups is 1. The molecule has 2 atom stereocenters. The van der Waals surface area contributed by atoms with Crippen molar-refractivity contribution in [3.8, 4) is 0 Å². The van der Waals surface area contributed by atoms with Crippen LogP contribution in [0.4, 0.5) is 4.79 Å². The van der Waals surface area contributed by atoms with E-state index in [9.17, 15) is 14.7 Å². The van der Waals surface area contributed by atoms with Crippen LogP contribution in [0.2, 0.25) is 0 Å². The molecule has 0 aliphatic carbocycles. The molecule has 2 amide bonds. The Morgan fingerprint density at radius 3 is 2.65 bits per heavy atom. The number of rotatable bonds is 6. The van der Waals surface area contributed by atoms with Crippen LogP contribution in [0.5, 0.6) is 0 Å². The molecule has 1 aliphatic rings. The molecule has 7 heteroatoms. The van der Waals surface area contributed by atoms with Gasteiger partial charge in [-0.05, 0) is 18.8 Å². The number of carbonyl (C=O) groups is 2. The number of carboxylic acids is 1. The summed E-state index contributed by atoms with van der Waals surface area (Å²) in [4.78, 5) is 26.7. The average Bonchev–Trinajstić information content (AvgIpc) is 2.42. The van der Waals surface area contributed by atoms with Crippen LogP contribution in [-0.2, 0) is 9.53 Å². The number of hydrogen-bond acceptors (Lipinski definition) is 4. The van der Waals surface area contributed by atoms with Gasteiger partial charge in [0.1, 0.15) is 6.04 Å². The number of nitrogens with zero attached hydrogens (tertiary/aromatic N) is 2. The first kappa shape index (κ1) is 16.7. The molecule has 0 saturated carbocycles. The van der Waals surface area contributed by atoms with Gasteiger partial charge in [-0.2, -0.15) is 0 Å². The number of piperidine rings is 1. The Bertz CT molecular complexity index is 337. The van der Waals surface area contributed by atoms with Crippen LogP contribution in [0.3, 0.4) is 0 Å². The van der Waals surface area contributed by atoms with Gasteiger partial charge in [-0.15, -0.1) is 0 Å². The Morgan fingerprint density at radius 1 is 1.40 bits per heavy atom. The van der Waals surface area contributed by atoms with Gasteiger partial charge in [0.25, 0.3) is 0 Å². The fourth-order valence-electron chi connectivity index (χ4n) is 2.59. The molecule has 116 valence electrons. The minimum Gasteiger partial charge on any atom is -0.480 e. The fourth-order valence-corrected chi connectivity index (χ4v) is 2.59. The zero-order valence-corrected chi connectivity index (χ0v) is 12.1. The van der Waals surface area contributed by atoms with Gasteiger partial charge < -0.3 is 24.7 Å². The van der Waals surface area contributed by atoms with Crippen molar-refractivity contribution in [1.29, 1.82) is 0 Å². The predicted molar refractivity (Wildman–Crippen MR) is 72.5 cm³/mol. The Balaban J connectivity index is 2.81. The third-order valence-electron chi connectivity index (χ3n) is 3.64. The zero-order chi connectivity index (χ0) is 15.1. The number of hydrogen-bond donors (Lipinski definition) is 2. The lowest BCUT2D eigenvalue weighted by molar-refractivity contribution is -0.145. The van der Waals surface area contributed by atoms with E-state index in [1.165, 1.54) is 16.9 Å². The van der Waals surface area contributed by atoms with Gasteiger partial charge in [0.15, 0.2) is 0 Å². The number of aliphatic hydroxyl groups excluding tert-OH is 1. The second-order valence-electron chi connectivity index (χ2n) is 5.08. The normalized spacial score (nSPS) is 22.6. The molecule has 1 heterocycles. The van der Waals surface area contributed by atoms with Gasteiger partial charge in [-0.3, -0.25) is 0 Å². The summed E-state index contributed by atoms with van der Waals surface area (Å²) < 4.78 is 4.94. The number of urea groups is 1. The number of aliphatic carboxylic acids is 1. The number of methoxy groups -OCH3 is 1. The molecule has 0 aromatic rings. The van der Waals surface area contributed by atoms with Gasteiger partial charge in [0.05, 0.1) is 13.2 Å². The van der Waals surface area contributed by atoms with Crippen molar-refractivity contribution in [1.82, 2.24) is 9.80 Å². The SMILES string of the molecule is COCCN(CCO)C(=O)N1CCCC(C)C1C(=O)O. The maximum absolute atomic E-state index is 12.5. The molecule has 1 fully saturated rings. The second-order valence-corrected chi connectivity index (χ2v) is 5.08. The van der Waals surface area contributed by atoms with Crippen molar-refractivity contribution >= 4 is 12.0 Å². The third-order valence-corrected chi connectivity index (χ3v) is 3.64. The number of ether oxygens (including phenoxy) is 1. The molecule has 1 rings (SSSR count). The van der Waals surface area contributed by atoms with Gasteiger partial charge in [-0.1, -0.05) is 6.92 Å². The number of carboxylic acid groups (broad SMARTS) is 1. The lowest BCUT2D eigenvalue weighted by atomic mass is 9.91. The summed E-state index contributed by atoms with van der Waals surface area (Å²) in [5, 5.41) is 18.4. The lowest BCUT2D eigenvalue weighted by Gasteiger charge is -2.40. The Morgan fingerprint density at radius 2 is 2.10 bits per heavy atom. The summed E-state index contributed by atoms with van der Waals surface area (Å²) in [6.07, 6.45) is 1.60. The average molecular weight is 288 g/mol. The lowest BCUT2D eigenvalue weighted by Crippen LogP contribution is -2.56. The van der Waals surface area contributed by atoms with Gasteiger partial charge in [0.2, 0.25) is 0 Å². The standard InChI is InChI=1S/C13H24N2O5/c1-10-4-3-5-15(11(10)12(17)18)13(19)14(6-8-16)7-9-20-2/h10-11,16H,3-9H2,1-2H3,(H,17,18). The smallest absolute Gasteiger partial charge is 0.326 e. The molecular formula is C13H24N2O5. The number of carbonyl (C=O) groups excluding carboxylic acids is 1. The Labute approximate surface area is 119 Å². The minimum atomic E-state index is -0.971. The Kier molecular flexibility index (Phi) is 6.74. The van der Waals surface area contributed by atoms with E-state index >= 15 is 0 Å². The van der Waals surface area contributed by atoms with Crippen LogP contribution in [-0.4, -0.2) is 78.0 Å². The fraction of sp³-hybridized carbons (Fsp3) is 0.846. The quantitative estimate of drug-likeness (QED) is 0.730. The third kappa shape index (κ3) is 4.08. The summed E-state index contributed by atoms with van der Waals surface area (Å²) in [6.45, 7) is 3.01. The van der Waals surface area contributed by atoms with Crippen LogP contribution in [0.1, 0.15) is 19.8 Å². The van der Waals surface area contributed by atoms with E-state index in [1.54, 1.807) is 0 Å². The van der Waals surface area contributed by atoms with Crippen molar-refractivity contribution in [2.24, 2.45) is 5.92 Å². The summed E-state index contributed by atoms with van der Waals surface area (Å²) >= 11 is 0. The van der Waals surface area contributed by atoms with Crippen molar-refractivity contribution in [3.63, 3.8) is 0 Å². The molecule has 0 spiro atoms. The maximum atomic E-state index is 12.5. The van der Waals surface area contributed by atoms with Crippen molar-refractivity contribution in [2.75, 3.05) is 40.0 Å². The van der Waals surface area contributed by atoms with E-state index in [4.69, 9.17) is 9.84 Å². The first-order chi connectivity index (χ1) is 9.52. The molecule has 1 aliphatic heterocycles. The summed E-state index contributed by atoms with van der Waals surface area (Å²) in [6, 6.07) is -1.13. The van der Waals surface area contributed by atoms with Crippen molar-refractivity contribution in [2.45, 2.75) is 25.8 Å². The largest absolute Gasteiger partial charge is 0.480 e. The van der Waals surface area contributed by atoms with Crippen molar-refractivity contribution in [3.05, 3.63) is 0 Å². The van der Waals surface area contributed by atoms with E-state index in [-0.39, 0.29) is 25.1 Å². The molecular weight excluding hydrogens is 264 g/mol. The van der Waals surface area contributed by atoms with Gasteiger partial charge in [0, 0.05) is 26.7 Å². The minimum absolute atomic E-state index is 0.0661. The van der Waals surface area contributed by atoms with E-state index in [0.29, 0.717) is 19.7 Å². The monoisotopic (exact) mass is 288 g/mol. The van der Waals surface area contributed by atoms with Crippen LogP contribution < -0.4 is 0 Å². The highest BCUT2D eigenvalue weighted by atomic mass is 16.5. The highest BCUT2D eigenvalue weighted by Gasteiger charge is 2.38. The highest BCUT2D eigenvalue weighted by molar-refractivity contribution is 5.83. The molecule has 0 radical (unpaired) electrons. The first-order valence-corrected chi connectivity index (χ1v) is 6.91. The number of amides is 2. The zero-order valence-electron chi connectivity index (χ0n) is 12.1. The van der Waals surface area contributed by atoms with E-state index in [1.807, 2.05) is 6.92 Å².